The van der Waals surface area contributed by atoms with Crippen LogP contribution in [0.25, 0.3) is 0 Å². The first-order valence-corrected chi connectivity index (χ1v) is 5.10. The number of nitrogens with one attached hydrogen (secondary N) is 3. The number of hydrogen-bond donors (Lipinski definition) is 4. The summed E-state index contributed by atoms with van der Waals surface area (Å²) in [7, 11) is -1.50. The Morgan fingerprint density at radius 1 is 0.833 bits per heavy atom. The molecule has 5 nitrogen and oxygen atoms in total. The van der Waals surface area contributed by atoms with E-state index in [1.807, 2.05) is 0 Å². The predicted octanol–water partition coefficient (Wildman–Crippen LogP) is -1.58. The Bertz CT molecular complexity index is 76.3. The van der Waals surface area contributed by atoms with Gasteiger partial charge in [-0.15, -0.1) is 0 Å². The van der Waals surface area contributed by atoms with Crippen LogP contribution in [0.4, 0.5) is 0 Å². The van der Waals surface area contributed by atoms with Crippen molar-refractivity contribution in [3.05, 3.63) is 0 Å². The van der Waals surface area contributed by atoms with Gasteiger partial charge >= 0.3 is 0 Å². The molecule has 1 rings (SSSR count). The highest BCUT2D eigenvalue weighted by Gasteiger charge is 1.91. The summed E-state index contributed by atoms with van der Waals surface area (Å²) >= 11 is 0. The van der Waals surface area contributed by atoms with Crippen molar-refractivity contribution >= 4 is 8.69 Å². The molecule has 0 amide bonds. The number of hydrogen-bond acceptors (Lipinski definition) is 4. The monoisotopic (exact) mass is 195 g/mol. The summed E-state index contributed by atoms with van der Waals surface area (Å²) in [6.07, 6.45) is 0. The van der Waals surface area contributed by atoms with E-state index >= 15 is 0 Å². The van der Waals surface area contributed by atoms with Crippen LogP contribution in [0.2, 0.25) is 0 Å². The van der Waals surface area contributed by atoms with Crippen LogP contribution < -0.4 is 16.0 Å². The summed E-state index contributed by atoms with van der Waals surface area (Å²) < 4.78 is 8.57. The van der Waals surface area contributed by atoms with E-state index in [4.69, 9.17) is 9.46 Å². The fourth-order valence-electron chi connectivity index (χ4n) is 0.905. The van der Waals surface area contributed by atoms with E-state index in [1.54, 1.807) is 0 Å². The summed E-state index contributed by atoms with van der Waals surface area (Å²) in [5.41, 5.74) is 0. The van der Waals surface area contributed by atoms with Crippen LogP contribution in [0.15, 0.2) is 0 Å². The van der Waals surface area contributed by atoms with Crippen molar-refractivity contribution in [2.24, 2.45) is 0 Å². The lowest BCUT2D eigenvalue weighted by Crippen LogP contribution is -2.27. The zero-order valence-electron chi connectivity index (χ0n) is 7.18. The molecule has 6 heteroatoms. The Labute approximate surface area is 74.2 Å². The molecule has 1 fully saturated rings. The van der Waals surface area contributed by atoms with E-state index in [2.05, 4.69) is 16.0 Å². The quantitative estimate of drug-likeness (QED) is 0.351. The molecule has 74 valence electrons. The van der Waals surface area contributed by atoms with Crippen LogP contribution in [0.5, 0.6) is 0 Å². The summed E-state index contributed by atoms with van der Waals surface area (Å²) in [5, 5.41) is 9.91. The van der Waals surface area contributed by atoms with Gasteiger partial charge in [0.25, 0.3) is 0 Å². The fourth-order valence-corrected chi connectivity index (χ4v) is 0.905. The van der Waals surface area contributed by atoms with Gasteiger partial charge < -0.3 is 20.8 Å². The first kappa shape index (κ1) is 12.1. The van der Waals surface area contributed by atoms with Crippen molar-refractivity contribution in [2.45, 2.75) is 0 Å². The smallest absolute Gasteiger partial charge is 0.177 e. The molecule has 0 aromatic heterocycles. The van der Waals surface area contributed by atoms with E-state index in [9.17, 15) is 0 Å². The molecule has 4 N–H and O–H groups in total. The molecule has 1 aliphatic rings. The van der Waals surface area contributed by atoms with Gasteiger partial charge in [-0.3, -0.25) is 4.57 Å². The Hall–Kier alpha value is 0.0700. The topological polar surface area (TPSA) is 73.4 Å². The van der Waals surface area contributed by atoms with E-state index < -0.39 is 8.69 Å². The van der Waals surface area contributed by atoms with Gasteiger partial charge in [-0.25, -0.2) is 0 Å². The minimum absolute atomic E-state index is 1.10. The molecule has 12 heavy (non-hydrogen) atoms. The van der Waals surface area contributed by atoms with Gasteiger partial charge in [-0.1, -0.05) is 0 Å². The maximum atomic E-state index is 8.57. The van der Waals surface area contributed by atoms with Crippen LogP contribution in [-0.2, 0) is 4.57 Å². The standard InChI is InChI=1S/C6H15N3.H3O2P/c1-2-8-5-6-9-4-3-7-1;1-3-2/h7-9H,1-6H2;3H2,(H,1,2). The first-order valence-electron chi connectivity index (χ1n) is 4.12. The largest absolute Gasteiger partial charge is 0.348 e. The third-order valence-electron chi connectivity index (χ3n) is 1.44. The Morgan fingerprint density at radius 2 is 1.00 bits per heavy atom. The molecule has 0 spiro atoms. The Morgan fingerprint density at radius 3 is 1.17 bits per heavy atom. The third-order valence-corrected chi connectivity index (χ3v) is 1.44. The zero-order chi connectivity index (χ0) is 9.07. The van der Waals surface area contributed by atoms with Gasteiger partial charge in [0.1, 0.15) is 0 Å². The summed E-state index contributed by atoms with van der Waals surface area (Å²) in [4.78, 5) is 7.10. The van der Waals surface area contributed by atoms with Crippen molar-refractivity contribution in [2.75, 3.05) is 39.3 Å². The van der Waals surface area contributed by atoms with Crippen molar-refractivity contribution in [3.8, 4) is 0 Å². The molecule has 0 aliphatic carbocycles. The minimum Gasteiger partial charge on any atom is -0.348 e. The van der Waals surface area contributed by atoms with Crippen LogP contribution in [0, 0.1) is 0 Å². The molecular weight excluding hydrogens is 177 g/mol. The second-order valence-electron chi connectivity index (χ2n) is 2.36. The van der Waals surface area contributed by atoms with Crippen LogP contribution >= 0.6 is 8.69 Å². The lowest BCUT2D eigenvalue weighted by Gasteiger charge is -1.99. The molecule has 0 saturated carbocycles. The first-order chi connectivity index (χ1) is 5.91. The molecule has 1 heterocycles. The minimum atomic E-state index is -1.50. The highest BCUT2D eigenvalue weighted by Crippen LogP contribution is 1.66. The third kappa shape index (κ3) is 10.1. The molecule has 0 bridgehead atoms. The molecule has 0 aromatic carbocycles. The SMILES string of the molecule is C1CNCCNCCN1.O=[PH2]O. The summed E-state index contributed by atoms with van der Waals surface area (Å²) in [6, 6.07) is 0. The van der Waals surface area contributed by atoms with Crippen LogP contribution in [-0.4, -0.2) is 44.2 Å². The van der Waals surface area contributed by atoms with E-state index in [-0.39, 0.29) is 0 Å². The van der Waals surface area contributed by atoms with E-state index in [0.717, 1.165) is 39.3 Å². The number of rotatable bonds is 0. The average Bonchev–Trinajstić information content (AvgIpc) is 2.19. The van der Waals surface area contributed by atoms with Gasteiger partial charge in [0.15, 0.2) is 8.69 Å². The summed E-state index contributed by atoms with van der Waals surface area (Å²) in [6.45, 7) is 6.59. The second kappa shape index (κ2) is 11.1. The molecule has 0 radical (unpaired) electrons. The van der Waals surface area contributed by atoms with Crippen molar-refractivity contribution in [1.82, 2.24) is 16.0 Å². The Balaban J connectivity index is 0.000000354. The zero-order valence-corrected chi connectivity index (χ0v) is 8.33. The van der Waals surface area contributed by atoms with Crippen molar-refractivity contribution in [1.29, 1.82) is 0 Å². The molecule has 0 aromatic rings. The molecule has 1 aliphatic heterocycles. The van der Waals surface area contributed by atoms with Gasteiger partial charge in [0, 0.05) is 39.3 Å². The van der Waals surface area contributed by atoms with Crippen molar-refractivity contribution in [3.63, 3.8) is 0 Å². The van der Waals surface area contributed by atoms with Gasteiger partial charge in [-0.05, 0) is 0 Å². The summed E-state index contributed by atoms with van der Waals surface area (Å²) in [5.74, 6) is 0. The van der Waals surface area contributed by atoms with Crippen LogP contribution in [0.3, 0.4) is 0 Å². The highest BCUT2D eigenvalue weighted by atomic mass is 31.1. The lowest BCUT2D eigenvalue weighted by molar-refractivity contribution is 0.524. The molecule has 1 unspecified atom stereocenters. The van der Waals surface area contributed by atoms with E-state index in [1.165, 1.54) is 0 Å². The van der Waals surface area contributed by atoms with Gasteiger partial charge in [0.2, 0.25) is 0 Å². The van der Waals surface area contributed by atoms with Gasteiger partial charge in [-0.2, -0.15) is 0 Å². The fraction of sp³-hybridized carbons (Fsp3) is 1.00. The maximum Gasteiger partial charge on any atom is 0.177 e. The highest BCUT2D eigenvalue weighted by molar-refractivity contribution is 7.16. The average molecular weight is 195 g/mol. The molecule has 1 saturated heterocycles. The van der Waals surface area contributed by atoms with Crippen LogP contribution in [0.1, 0.15) is 0 Å². The Kier molecular flexibility index (Phi) is 11.1. The molecular formula is C6H18N3O2P. The second-order valence-corrected chi connectivity index (χ2v) is 2.57. The lowest BCUT2D eigenvalue weighted by atomic mass is 10.6. The normalized spacial score (nSPS) is 20.4. The van der Waals surface area contributed by atoms with Crippen molar-refractivity contribution < 1.29 is 9.46 Å². The van der Waals surface area contributed by atoms with Gasteiger partial charge in [0.05, 0.1) is 0 Å². The predicted molar refractivity (Wildman–Crippen MR) is 51.2 cm³/mol. The van der Waals surface area contributed by atoms with E-state index in [0.29, 0.717) is 0 Å². The molecule has 1 atom stereocenters. The maximum absolute atomic E-state index is 8.57.